The molecule has 1 aromatic heterocycles. The van der Waals surface area contributed by atoms with Gasteiger partial charge in [-0.05, 0) is 43.7 Å². The standard InChI is InChI=1S/C15H15BrN2O/c1-10-8-13(6-7-17-10)15(19)18-11(2)12-4-3-5-14(16)9-12/h3-9,11H,1-2H3,(H,18,19). The Balaban J connectivity index is 2.11. The van der Waals surface area contributed by atoms with Crippen molar-refractivity contribution in [1.29, 1.82) is 0 Å². The fourth-order valence-corrected chi connectivity index (χ4v) is 2.24. The third-order valence-corrected chi connectivity index (χ3v) is 3.35. The molecule has 3 nitrogen and oxygen atoms in total. The van der Waals surface area contributed by atoms with Crippen molar-refractivity contribution < 1.29 is 4.79 Å². The first-order chi connectivity index (χ1) is 9.06. The maximum absolute atomic E-state index is 12.1. The van der Waals surface area contributed by atoms with Gasteiger partial charge in [-0.1, -0.05) is 28.1 Å². The predicted octanol–water partition coefficient (Wildman–Crippen LogP) is 3.64. The van der Waals surface area contributed by atoms with Crippen molar-refractivity contribution >= 4 is 21.8 Å². The van der Waals surface area contributed by atoms with Gasteiger partial charge < -0.3 is 5.32 Å². The molecule has 1 atom stereocenters. The van der Waals surface area contributed by atoms with E-state index >= 15 is 0 Å². The van der Waals surface area contributed by atoms with Crippen LogP contribution in [0.25, 0.3) is 0 Å². The smallest absolute Gasteiger partial charge is 0.251 e. The van der Waals surface area contributed by atoms with Gasteiger partial charge in [-0.25, -0.2) is 0 Å². The van der Waals surface area contributed by atoms with Crippen LogP contribution in [0.5, 0.6) is 0 Å². The van der Waals surface area contributed by atoms with E-state index in [1.54, 1.807) is 18.3 Å². The summed E-state index contributed by atoms with van der Waals surface area (Å²) in [6.07, 6.45) is 1.65. The lowest BCUT2D eigenvalue weighted by Crippen LogP contribution is -2.26. The number of aryl methyl sites for hydroxylation is 1. The number of rotatable bonds is 3. The number of hydrogen-bond donors (Lipinski definition) is 1. The molecule has 2 rings (SSSR count). The molecule has 1 amide bonds. The summed E-state index contributed by atoms with van der Waals surface area (Å²) in [5.74, 6) is -0.0852. The number of hydrogen-bond acceptors (Lipinski definition) is 2. The van der Waals surface area contributed by atoms with Crippen LogP contribution in [0.2, 0.25) is 0 Å². The zero-order valence-corrected chi connectivity index (χ0v) is 12.4. The minimum atomic E-state index is -0.0852. The number of nitrogens with one attached hydrogen (secondary N) is 1. The van der Waals surface area contributed by atoms with E-state index < -0.39 is 0 Å². The summed E-state index contributed by atoms with van der Waals surface area (Å²) in [4.78, 5) is 16.2. The summed E-state index contributed by atoms with van der Waals surface area (Å²) in [7, 11) is 0. The Bertz CT molecular complexity index is 598. The van der Waals surface area contributed by atoms with Gasteiger partial charge in [-0.3, -0.25) is 9.78 Å². The highest BCUT2D eigenvalue weighted by Crippen LogP contribution is 2.18. The zero-order chi connectivity index (χ0) is 13.8. The molecular formula is C15H15BrN2O. The molecule has 0 spiro atoms. The number of carbonyl (C=O) groups excluding carboxylic acids is 1. The van der Waals surface area contributed by atoms with E-state index in [0.29, 0.717) is 5.56 Å². The third-order valence-electron chi connectivity index (χ3n) is 2.86. The van der Waals surface area contributed by atoms with E-state index in [4.69, 9.17) is 0 Å². The summed E-state index contributed by atoms with van der Waals surface area (Å²) < 4.78 is 1.01. The minimum absolute atomic E-state index is 0.0431. The molecule has 0 saturated carbocycles. The number of benzene rings is 1. The van der Waals surface area contributed by atoms with Crippen molar-refractivity contribution in [3.63, 3.8) is 0 Å². The summed E-state index contributed by atoms with van der Waals surface area (Å²) in [6.45, 7) is 3.84. The van der Waals surface area contributed by atoms with E-state index in [9.17, 15) is 4.79 Å². The fraction of sp³-hybridized carbons (Fsp3) is 0.200. The lowest BCUT2D eigenvalue weighted by atomic mass is 10.1. The number of carbonyl (C=O) groups is 1. The van der Waals surface area contributed by atoms with Crippen molar-refractivity contribution in [3.05, 3.63) is 63.9 Å². The Morgan fingerprint density at radius 1 is 1.32 bits per heavy atom. The van der Waals surface area contributed by atoms with Gasteiger partial charge in [-0.2, -0.15) is 0 Å². The van der Waals surface area contributed by atoms with Crippen LogP contribution in [0.3, 0.4) is 0 Å². The van der Waals surface area contributed by atoms with Crippen molar-refractivity contribution in [2.75, 3.05) is 0 Å². The lowest BCUT2D eigenvalue weighted by molar-refractivity contribution is 0.0939. The zero-order valence-electron chi connectivity index (χ0n) is 10.9. The van der Waals surface area contributed by atoms with Gasteiger partial charge in [0.2, 0.25) is 0 Å². The highest BCUT2D eigenvalue weighted by Gasteiger charge is 2.11. The number of aromatic nitrogens is 1. The third kappa shape index (κ3) is 3.64. The molecular weight excluding hydrogens is 304 g/mol. The lowest BCUT2D eigenvalue weighted by Gasteiger charge is -2.14. The normalized spacial score (nSPS) is 11.9. The van der Waals surface area contributed by atoms with Gasteiger partial charge in [0.1, 0.15) is 0 Å². The Morgan fingerprint density at radius 2 is 2.11 bits per heavy atom. The first kappa shape index (κ1) is 13.7. The molecule has 98 valence electrons. The summed E-state index contributed by atoms with van der Waals surface area (Å²) in [5, 5.41) is 2.98. The van der Waals surface area contributed by atoms with Crippen LogP contribution < -0.4 is 5.32 Å². The van der Waals surface area contributed by atoms with Gasteiger partial charge in [0.05, 0.1) is 6.04 Å². The predicted molar refractivity (Wildman–Crippen MR) is 79.0 cm³/mol. The molecule has 0 bridgehead atoms. The van der Waals surface area contributed by atoms with Crippen LogP contribution >= 0.6 is 15.9 Å². The number of amides is 1. The first-order valence-corrected chi connectivity index (χ1v) is 6.84. The number of halogens is 1. The maximum atomic E-state index is 12.1. The summed E-state index contributed by atoms with van der Waals surface area (Å²) in [6, 6.07) is 11.4. The second-order valence-electron chi connectivity index (χ2n) is 4.44. The Hall–Kier alpha value is -1.68. The van der Waals surface area contributed by atoms with Crippen LogP contribution in [-0.4, -0.2) is 10.9 Å². The molecule has 1 aromatic carbocycles. The summed E-state index contributed by atoms with van der Waals surface area (Å²) in [5.41, 5.74) is 2.53. The van der Waals surface area contributed by atoms with Crippen LogP contribution in [0.15, 0.2) is 47.1 Å². The molecule has 2 aromatic rings. The van der Waals surface area contributed by atoms with Crippen molar-refractivity contribution in [2.24, 2.45) is 0 Å². The molecule has 0 fully saturated rings. The van der Waals surface area contributed by atoms with Crippen LogP contribution in [0.1, 0.15) is 34.6 Å². The van der Waals surface area contributed by atoms with Crippen molar-refractivity contribution in [1.82, 2.24) is 10.3 Å². The SMILES string of the molecule is Cc1cc(C(=O)NC(C)c2cccc(Br)c2)ccn1. The van der Waals surface area contributed by atoms with E-state index in [0.717, 1.165) is 15.7 Å². The molecule has 0 aliphatic heterocycles. The monoisotopic (exact) mass is 318 g/mol. The Labute approximate surface area is 121 Å². The van der Waals surface area contributed by atoms with Gasteiger partial charge in [0.25, 0.3) is 5.91 Å². The van der Waals surface area contributed by atoms with Crippen LogP contribution in [0, 0.1) is 6.92 Å². The first-order valence-electron chi connectivity index (χ1n) is 6.05. The average molecular weight is 319 g/mol. The quantitative estimate of drug-likeness (QED) is 0.938. The van der Waals surface area contributed by atoms with E-state index in [1.165, 1.54) is 0 Å². The van der Waals surface area contributed by atoms with Crippen molar-refractivity contribution in [2.45, 2.75) is 19.9 Å². The molecule has 4 heteroatoms. The van der Waals surface area contributed by atoms with Gasteiger partial charge >= 0.3 is 0 Å². The molecule has 0 aliphatic rings. The maximum Gasteiger partial charge on any atom is 0.251 e. The molecule has 19 heavy (non-hydrogen) atoms. The second kappa shape index (κ2) is 5.97. The molecule has 1 N–H and O–H groups in total. The van der Waals surface area contributed by atoms with E-state index in [2.05, 4.69) is 26.2 Å². The fourth-order valence-electron chi connectivity index (χ4n) is 1.83. The molecule has 0 radical (unpaired) electrons. The largest absolute Gasteiger partial charge is 0.346 e. The van der Waals surface area contributed by atoms with Crippen LogP contribution in [-0.2, 0) is 0 Å². The molecule has 1 unspecified atom stereocenters. The average Bonchev–Trinajstić information content (AvgIpc) is 2.38. The minimum Gasteiger partial charge on any atom is -0.346 e. The Morgan fingerprint density at radius 3 is 2.79 bits per heavy atom. The highest BCUT2D eigenvalue weighted by molar-refractivity contribution is 9.10. The number of nitrogens with zero attached hydrogens (tertiary/aromatic N) is 1. The van der Waals surface area contributed by atoms with Gasteiger partial charge in [-0.15, -0.1) is 0 Å². The van der Waals surface area contributed by atoms with E-state index in [1.807, 2.05) is 38.1 Å². The topological polar surface area (TPSA) is 42.0 Å². The molecule has 0 saturated heterocycles. The molecule has 1 heterocycles. The molecule has 0 aliphatic carbocycles. The van der Waals surface area contributed by atoms with Gasteiger partial charge in [0.15, 0.2) is 0 Å². The Kier molecular flexibility index (Phi) is 4.32. The van der Waals surface area contributed by atoms with Gasteiger partial charge in [0, 0.05) is 21.9 Å². The second-order valence-corrected chi connectivity index (χ2v) is 5.35. The van der Waals surface area contributed by atoms with E-state index in [-0.39, 0.29) is 11.9 Å². The van der Waals surface area contributed by atoms with Crippen LogP contribution in [0.4, 0.5) is 0 Å². The summed E-state index contributed by atoms with van der Waals surface area (Å²) >= 11 is 3.43. The number of pyridine rings is 1. The highest BCUT2D eigenvalue weighted by atomic mass is 79.9. The van der Waals surface area contributed by atoms with Crippen molar-refractivity contribution in [3.8, 4) is 0 Å².